The second-order valence-corrected chi connectivity index (χ2v) is 6.44. The minimum atomic E-state index is -3.28. The van der Waals surface area contributed by atoms with Crippen molar-refractivity contribution in [2.75, 3.05) is 6.26 Å². The fourth-order valence-electron chi connectivity index (χ4n) is 1.90. The van der Waals surface area contributed by atoms with Crippen LogP contribution < -0.4 is 0 Å². The van der Waals surface area contributed by atoms with E-state index in [9.17, 15) is 12.8 Å². The molecule has 1 N–H and O–H groups in total. The van der Waals surface area contributed by atoms with Gasteiger partial charge in [0, 0.05) is 18.0 Å². The Hall–Kier alpha value is -2.28. The van der Waals surface area contributed by atoms with Crippen LogP contribution in [0.15, 0.2) is 41.6 Å². The summed E-state index contributed by atoms with van der Waals surface area (Å²) in [6.07, 6.45) is 3.73. The molecule has 0 saturated heterocycles. The molecule has 0 bridgehead atoms. The van der Waals surface area contributed by atoms with Gasteiger partial charge in [0.2, 0.25) is 0 Å². The first-order chi connectivity index (χ1) is 9.43. The van der Waals surface area contributed by atoms with E-state index in [-0.39, 0.29) is 4.90 Å². The highest BCUT2D eigenvalue weighted by Gasteiger charge is 2.11. The SMILES string of the molecule is CS(=O)(=O)c1ccc2nc(-c3cncc(F)c3)[nH]c2c1. The van der Waals surface area contributed by atoms with Gasteiger partial charge in [-0.05, 0) is 24.3 Å². The lowest BCUT2D eigenvalue weighted by Crippen LogP contribution is -1.96. The Bertz CT molecular complexity index is 903. The summed E-state index contributed by atoms with van der Waals surface area (Å²) in [6, 6.07) is 5.92. The average molecular weight is 291 g/mol. The van der Waals surface area contributed by atoms with Crippen LogP contribution in [0.25, 0.3) is 22.4 Å². The van der Waals surface area contributed by atoms with Gasteiger partial charge in [0.25, 0.3) is 0 Å². The zero-order valence-electron chi connectivity index (χ0n) is 10.5. The molecule has 0 aliphatic heterocycles. The van der Waals surface area contributed by atoms with E-state index in [1.807, 2.05) is 0 Å². The van der Waals surface area contributed by atoms with Gasteiger partial charge in [-0.1, -0.05) is 0 Å². The minimum Gasteiger partial charge on any atom is -0.338 e. The summed E-state index contributed by atoms with van der Waals surface area (Å²) in [5.41, 5.74) is 1.69. The van der Waals surface area contributed by atoms with E-state index >= 15 is 0 Å². The molecule has 0 radical (unpaired) electrons. The Morgan fingerprint density at radius 3 is 2.70 bits per heavy atom. The van der Waals surface area contributed by atoms with Crippen LogP contribution in [0.2, 0.25) is 0 Å². The van der Waals surface area contributed by atoms with Crippen molar-refractivity contribution in [2.45, 2.75) is 4.90 Å². The van der Waals surface area contributed by atoms with Crippen LogP contribution in [-0.2, 0) is 9.84 Å². The van der Waals surface area contributed by atoms with Gasteiger partial charge in [-0.25, -0.2) is 17.8 Å². The molecule has 7 heteroatoms. The molecule has 0 atom stereocenters. The maximum Gasteiger partial charge on any atom is 0.175 e. The van der Waals surface area contributed by atoms with E-state index in [2.05, 4.69) is 15.0 Å². The number of benzene rings is 1. The highest BCUT2D eigenvalue weighted by molar-refractivity contribution is 7.90. The number of hydrogen-bond acceptors (Lipinski definition) is 4. The Morgan fingerprint density at radius 2 is 2.00 bits per heavy atom. The Kier molecular flexibility index (Phi) is 2.79. The first-order valence-corrected chi connectivity index (χ1v) is 7.63. The first-order valence-electron chi connectivity index (χ1n) is 5.74. The van der Waals surface area contributed by atoms with E-state index in [1.165, 1.54) is 24.4 Å². The van der Waals surface area contributed by atoms with Crippen LogP contribution in [-0.4, -0.2) is 29.6 Å². The normalized spacial score (nSPS) is 11.9. The summed E-state index contributed by atoms with van der Waals surface area (Å²) in [4.78, 5) is 11.2. The molecule has 0 spiro atoms. The van der Waals surface area contributed by atoms with Gasteiger partial charge in [0.1, 0.15) is 11.6 Å². The summed E-state index contributed by atoms with van der Waals surface area (Å²) in [5, 5.41) is 0. The van der Waals surface area contributed by atoms with Crippen molar-refractivity contribution in [2.24, 2.45) is 0 Å². The van der Waals surface area contributed by atoms with E-state index in [4.69, 9.17) is 0 Å². The summed E-state index contributed by atoms with van der Waals surface area (Å²) in [7, 11) is -3.28. The summed E-state index contributed by atoms with van der Waals surface area (Å²) in [5.74, 6) is -0.0163. The molecule has 0 unspecified atom stereocenters. The number of rotatable bonds is 2. The summed E-state index contributed by atoms with van der Waals surface area (Å²) >= 11 is 0. The zero-order valence-corrected chi connectivity index (χ0v) is 11.3. The Balaban J connectivity index is 2.16. The van der Waals surface area contributed by atoms with Crippen LogP contribution >= 0.6 is 0 Å². The molecule has 2 heterocycles. The minimum absolute atomic E-state index is 0.206. The predicted molar refractivity (Wildman–Crippen MR) is 72.4 cm³/mol. The van der Waals surface area contributed by atoms with E-state index in [1.54, 1.807) is 6.07 Å². The quantitative estimate of drug-likeness (QED) is 0.785. The second kappa shape index (κ2) is 4.38. The highest BCUT2D eigenvalue weighted by Crippen LogP contribution is 2.22. The van der Waals surface area contributed by atoms with Crippen LogP contribution in [0.3, 0.4) is 0 Å². The van der Waals surface area contributed by atoms with Crippen molar-refractivity contribution in [1.29, 1.82) is 0 Å². The van der Waals surface area contributed by atoms with Crippen LogP contribution in [0, 0.1) is 5.82 Å². The van der Waals surface area contributed by atoms with E-state index < -0.39 is 15.7 Å². The maximum atomic E-state index is 13.1. The molecule has 0 aliphatic rings. The lowest BCUT2D eigenvalue weighted by atomic mass is 10.3. The van der Waals surface area contributed by atoms with Crippen LogP contribution in [0.1, 0.15) is 0 Å². The van der Waals surface area contributed by atoms with E-state index in [0.29, 0.717) is 22.4 Å². The number of H-pyrrole nitrogens is 1. The number of fused-ring (bicyclic) bond motifs is 1. The Morgan fingerprint density at radius 1 is 1.20 bits per heavy atom. The number of imidazole rings is 1. The fraction of sp³-hybridized carbons (Fsp3) is 0.0769. The lowest BCUT2D eigenvalue weighted by Gasteiger charge is -1.96. The van der Waals surface area contributed by atoms with Gasteiger partial charge >= 0.3 is 0 Å². The number of pyridine rings is 1. The largest absolute Gasteiger partial charge is 0.338 e. The third-order valence-electron chi connectivity index (χ3n) is 2.86. The number of aromatic nitrogens is 3. The number of nitrogens with one attached hydrogen (secondary N) is 1. The maximum absolute atomic E-state index is 13.1. The van der Waals surface area contributed by atoms with Crippen molar-refractivity contribution in [1.82, 2.24) is 15.0 Å². The molecular weight excluding hydrogens is 281 g/mol. The smallest absolute Gasteiger partial charge is 0.175 e. The molecule has 0 saturated carbocycles. The predicted octanol–water partition coefficient (Wildman–Crippen LogP) is 2.17. The first kappa shape index (κ1) is 12.7. The lowest BCUT2D eigenvalue weighted by molar-refractivity contribution is 0.602. The number of aromatic amines is 1. The van der Waals surface area contributed by atoms with Crippen molar-refractivity contribution in [3.63, 3.8) is 0 Å². The molecule has 0 amide bonds. The average Bonchev–Trinajstić information content (AvgIpc) is 2.80. The van der Waals surface area contributed by atoms with Gasteiger partial charge in [-0.3, -0.25) is 4.98 Å². The molecular formula is C13H10FN3O2S. The van der Waals surface area contributed by atoms with Crippen LogP contribution in [0.4, 0.5) is 4.39 Å². The molecule has 5 nitrogen and oxygen atoms in total. The molecule has 20 heavy (non-hydrogen) atoms. The van der Waals surface area contributed by atoms with E-state index in [0.717, 1.165) is 12.5 Å². The van der Waals surface area contributed by atoms with Crippen molar-refractivity contribution >= 4 is 20.9 Å². The summed E-state index contributed by atoms with van der Waals surface area (Å²) < 4.78 is 36.2. The van der Waals surface area contributed by atoms with Gasteiger partial charge in [0.05, 0.1) is 22.1 Å². The number of sulfone groups is 1. The zero-order chi connectivity index (χ0) is 14.3. The third-order valence-corrected chi connectivity index (χ3v) is 3.97. The third kappa shape index (κ3) is 2.27. The van der Waals surface area contributed by atoms with Crippen molar-refractivity contribution in [3.8, 4) is 11.4 Å². The fourth-order valence-corrected chi connectivity index (χ4v) is 2.54. The van der Waals surface area contributed by atoms with Gasteiger partial charge in [-0.15, -0.1) is 0 Å². The molecule has 3 aromatic rings. The molecule has 2 aromatic heterocycles. The van der Waals surface area contributed by atoms with Gasteiger partial charge in [0.15, 0.2) is 9.84 Å². The monoisotopic (exact) mass is 291 g/mol. The molecule has 1 aromatic carbocycles. The topological polar surface area (TPSA) is 75.7 Å². The highest BCUT2D eigenvalue weighted by atomic mass is 32.2. The van der Waals surface area contributed by atoms with Crippen LogP contribution in [0.5, 0.6) is 0 Å². The number of nitrogens with zero attached hydrogens (tertiary/aromatic N) is 2. The number of hydrogen-bond donors (Lipinski definition) is 1. The van der Waals surface area contributed by atoms with Gasteiger partial charge < -0.3 is 4.98 Å². The van der Waals surface area contributed by atoms with Gasteiger partial charge in [-0.2, -0.15) is 0 Å². The molecule has 0 aliphatic carbocycles. The summed E-state index contributed by atoms with van der Waals surface area (Å²) in [6.45, 7) is 0. The van der Waals surface area contributed by atoms with Crippen molar-refractivity contribution < 1.29 is 12.8 Å². The molecule has 0 fully saturated rings. The Labute approximate surface area is 114 Å². The van der Waals surface area contributed by atoms with Crippen molar-refractivity contribution in [3.05, 3.63) is 42.5 Å². The molecule has 3 rings (SSSR count). The standard InChI is InChI=1S/C13H10FN3O2S/c1-20(18,19)10-2-3-11-12(5-10)17-13(16-11)8-4-9(14)7-15-6-8/h2-7H,1H3,(H,16,17). The second-order valence-electron chi connectivity index (χ2n) is 4.43. The number of halogens is 1. The molecule has 102 valence electrons.